The summed E-state index contributed by atoms with van der Waals surface area (Å²) in [6.45, 7) is 0.578. The third-order valence-electron chi connectivity index (χ3n) is 4.41. The van der Waals surface area contributed by atoms with Crippen molar-refractivity contribution in [2.45, 2.75) is 38.0 Å². The summed E-state index contributed by atoms with van der Waals surface area (Å²) >= 11 is 0. The molecule has 1 saturated heterocycles. The summed E-state index contributed by atoms with van der Waals surface area (Å²) < 4.78 is 7.35. The lowest BCUT2D eigenvalue weighted by molar-refractivity contribution is 0.0678. The fourth-order valence-corrected chi connectivity index (χ4v) is 3.43. The molecular weight excluding hydrogens is 254 g/mol. The summed E-state index contributed by atoms with van der Waals surface area (Å²) in [6.07, 6.45) is 2.60. The van der Waals surface area contributed by atoms with Crippen LogP contribution in [0.4, 0.5) is 0 Å². The van der Waals surface area contributed by atoms with E-state index >= 15 is 0 Å². The van der Waals surface area contributed by atoms with Gasteiger partial charge in [0.05, 0.1) is 23.3 Å². The molecule has 4 heteroatoms. The van der Waals surface area contributed by atoms with Crippen molar-refractivity contribution in [3.05, 3.63) is 47.0 Å². The van der Waals surface area contributed by atoms with Gasteiger partial charge in [-0.05, 0) is 24.8 Å². The van der Waals surface area contributed by atoms with E-state index in [4.69, 9.17) is 4.74 Å². The van der Waals surface area contributed by atoms with Gasteiger partial charge in [-0.2, -0.15) is 0 Å². The first-order valence-corrected chi connectivity index (χ1v) is 7.09. The predicted molar refractivity (Wildman–Crippen MR) is 73.7 cm³/mol. The van der Waals surface area contributed by atoms with E-state index in [9.17, 15) is 10.2 Å². The van der Waals surface area contributed by atoms with Gasteiger partial charge >= 0.3 is 0 Å². The maximum atomic E-state index is 10.4. The van der Waals surface area contributed by atoms with Gasteiger partial charge in [0.15, 0.2) is 11.8 Å². The molecular formula is C16H17NO3. The Hall–Kier alpha value is -1.94. The fraction of sp³-hybridized carbons (Fsp3) is 0.375. The van der Waals surface area contributed by atoms with Crippen molar-refractivity contribution in [1.29, 1.82) is 0 Å². The summed E-state index contributed by atoms with van der Waals surface area (Å²) in [4.78, 5) is 0. The van der Waals surface area contributed by atoms with E-state index in [1.165, 1.54) is 5.56 Å². The number of ether oxygens (including phenoxy) is 1. The number of aromatic nitrogens is 1. The fourth-order valence-electron chi connectivity index (χ4n) is 3.43. The number of aromatic hydroxyl groups is 2. The minimum absolute atomic E-state index is 0.0288. The molecule has 2 atom stereocenters. The van der Waals surface area contributed by atoms with Gasteiger partial charge in [-0.1, -0.05) is 30.3 Å². The van der Waals surface area contributed by atoms with E-state index in [0.29, 0.717) is 6.54 Å². The Labute approximate surface area is 117 Å². The minimum atomic E-state index is -0.0288. The van der Waals surface area contributed by atoms with Crippen LogP contribution < -0.4 is 0 Å². The molecule has 0 radical (unpaired) electrons. The third-order valence-corrected chi connectivity index (χ3v) is 4.41. The largest absolute Gasteiger partial charge is 0.494 e. The molecule has 1 aromatic carbocycles. The highest BCUT2D eigenvalue weighted by Gasteiger charge is 2.45. The van der Waals surface area contributed by atoms with Gasteiger partial charge in [-0.3, -0.25) is 4.57 Å². The first-order chi connectivity index (χ1) is 9.75. The molecule has 3 heterocycles. The van der Waals surface area contributed by atoms with Gasteiger partial charge in [0, 0.05) is 6.54 Å². The van der Waals surface area contributed by atoms with E-state index in [1.807, 2.05) is 18.2 Å². The summed E-state index contributed by atoms with van der Waals surface area (Å²) in [5, 5.41) is 20.7. The zero-order valence-corrected chi connectivity index (χ0v) is 11.1. The quantitative estimate of drug-likeness (QED) is 0.902. The van der Waals surface area contributed by atoms with Crippen LogP contribution in [0.15, 0.2) is 30.3 Å². The molecule has 2 aromatic rings. The molecule has 4 rings (SSSR count). The highest BCUT2D eigenvalue weighted by molar-refractivity contribution is 5.52. The van der Waals surface area contributed by atoms with Gasteiger partial charge < -0.3 is 14.9 Å². The number of fused-ring (bicyclic) bond motifs is 5. The first kappa shape index (κ1) is 11.9. The lowest BCUT2D eigenvalue weighted by Crippen LogP contribution is -2.02. The van der Waals surface area contributed by atoms with Gasteiger partial charge in [0.1, 0.15) is 0 Å². The van der Waals surface area contributed by atoms with E-state index < -0.39 is 0 Å². The monoisotopic (exact) mass is 271 g/mol. The Morgan fingerprint density at radius 1 is 1.00 bits per heavy atom. The van der Waals surface area contributed by atoms with Crippen LogP contribution in [0.5, 0.6) is 11.8 Å². The SMILES string of the molecule is Oc1c2c(c(O)n1CCc1ccccc1)[C@@H]1CC[C@@H]2O1. The Bertz CT molecular complexity index is 614. The Balaban J connectivity index is 1.64. The van der Waals surface area contributed by atoms with Crippen LogP contribution in [-0.2, 0) is 17.7 Å². The number of aryl methyl sites for hydroxylation is 1. The van der Waals surface area contributed by atoms with Crippen LogP contribution in [0.2, 0.25) is 0 Å². The van der Waals surface area contributed by atoms with Crippen LogP contribution >= 0.6 is 0 Å². The highest BCUT2D eigenvalue weighted by atomic mass is 16.5. The van der Waals surface area contributed by atoms with Crippen molar-refractivity contribution >= 4 is 0 Å². The lowest BCUT2D eigenvalue weighted by atomic mass is 9.95. The van der Waals surface area contributed by atoms with Crippen LogP contribution in [0.1, 0.15) is 41.7 Å². The van der Waals surface area contributed by atoms with Crippen molar-refractivity contribution in [3.8, 4) is 11.8 Å². The summed E-state index contributed by atoms with van der Waals surface area (Å²) in [5.74, 6) is 0.362. The second-order valence-electron chi connectivity index (χ2n) is 5.55. The van der Waals surface area contributed by atoms with Gasteiger partial charge in [0.25, 0.3) is 0 Å². The second-order valence-corrected chi connectivity index (χ2v) is 5.55. The Kier molecular flexibility index (Phi) is 2.54. The second kappa shape index (κ2) is 4.28. The van der Waals surface area contributed by atoms with E-state index in [0.717, 1.165) is 30.4 Å². The third kappa shape index (κ3) is 1.58. The normalized spacial score (nSPS) is 23.2. The highest BCUT2D eigenvalue weighted by Crippen LogP contribution is 2.57. The van der Waals surface area contributed by atoms with Gasteiger partial charge in [-0.15, -0.1) is 0 Å². The minimum Gasteiger partial charge on any atom is -0.494 e. The van der Waals surface area contributed by atoms with Crippen molar-refractivity contribution < 1.29 is 14.9 Å². The molecule has 0 unspecified atom stereocenters. The summed E-state index contributed by atoms with van der Waals surface area (Å²) in [6, 6.07) is 10.1. The van der Waals surface area contributed by atoms with Crippen molar-refractivity contribution in [2.24, 2.45) is 0 Å². The maximum Gasteiger partial charge on any atom is 0.200 e. The molecule has 104 valence electrons. The molecule has 0 saturated carbocycles. The molecule has 2 bridgehead atoms. The molecule has 2 aliphatic rings. The average molecular weight is 271 g/mol. The van der Waals surface area contributed by atoms with E-state index in [2.05, 4.69) is 12.1 Å². The zero-order valence-electron chi connectivity index (χ0n) is 11.1. The molecule has 2 N–H and O–H groups in total. The smallest absolute Gasteiger partial charge is 0.200 e. The topological polar surface area (TPSA) is 54.6 Å². The van der Waals surface area contributed by atoms with Gasteiger partial charge in [0.2, 0.25) is 0 Å². The van der Waals surface area contributed by atoms with Crippen LogP contribution in [-0.4, -0.2) is 14.8 Å². The van der Waals surface area contributed by atoms with Crippen molar-refractivity contribution in [3.63, 3.8) is 0 Å². The number of rotatable bonds is 3. The van der Waals surface area contributed by atoms with Gasteiger partial charge in [-0.25, -0.2) is 0 Å². The van der Waals surface area contributed by atoms with E-state index in [1.54, 1.807) is 4.57 Å². The number of benzene rings is 1. The van der Waals surface area contributed by atoms with Crippen LogP contribution in [0.25, 0.3) is 0 Å². The zero-order chi connectivity index (χ0) is 13.7. The standard InChI is InChI=1S/C16H17NO3/c18-15-13-11-6-7-12(20-11)14(13)16(19)17(15)9-8-10-4-2-1-3-5-10/h1-5,11-12,18-19H,6-9H2/t11-,12-/m0/s1. The molecule has 1 aromatic heterocycles. The Morgan fingerprint density at radius 3 is 2.20 bits per heavy atom. The number of hydrogen-bond acceptors (Lipinski definition) is 3. The summed E-state index contributed by atoms with van der Waals surface area (Å²) in [5.41, 5.74) is 2.82. The van der Waals surface area contributed by atoms with Crippen molar-refractivity contribution in [2.75, 3.05) is 0 Å². The average Bonchev–Trinajstić information content (AvgIpc) is 3.13. The molecule has 1 fully saturated rings. The molecule has 2 aliphatic heterocycles. The van der Waals surface area contributed by atoms with Crippen molar-refractivity contribution in [1.82, 2.24) is 4.57 Å². The number of hydrogen-bond donors (Lipinski definition) is 2. The molecule has 0 spiro atoms. The summed E-state index contributed by atoms with van der Waals surface area (Å²) in [7, 11) is 0. The first-order valence-electron chi connectivity index (χ1n) is 7.09. The molecule has 20 heavy (non-hydrogen) atoms. The molecule has 4 nitrogen and oxygen atoms in total. The number of nitrogens with zero attached hydrogens (tertiary/aromatic N) is 1. The van der Waals surface area contributed by atoms with E-state index in [-0.39, 0.29) is 24.0 Å². The molecule has 0 amide bonds. The lowest BCUT2D eigenvalue weighted by Gasteiger charge is -2.10. The predicted octanol–water partition coefficient (Wildman–Crippen LogP) is 3.05. The molecule has 0 aliphatic carbocycles. The Morgan fingerprint density at radius 2 is 1.60 bits per heavy atom. The maximum absolute atomic E-state index is 10.4. The van der Waals surface area contributed by atoms with Crippen LogP contribution in [0.3, 0.4) is 0 Å². The van der Waals surface area contributed by atoms with Crippen LogP contribution in [0, 0.1) is 0 Å².